The standard InChI is InChI=1S/C15H15N3O2/c19-15(20)11-5-3-10(4-6-11)13-8-18-14(9-17-13)12-2-1-7-16-12/h3-6,8-9,12,16H,1-2,7H2,(H,19,20). The monoisotopic (exact) mass is 269 g/mol. The number of hydrogen-bond acceptors (Lipinski definition) is 4. The zero-order chi connectivity index (χ0) is 13.9. The number of nitrogens with zero attached hydrogens (tertiary/aromatic N) is 2. The molecule has 1 aromatic heterocycles. The van der Waals surface area contributed by atoms with Crippen LogP contribution in [0.5, 0.6) is 0 Å². The second-order valence-electron chi connectivity index (χ2n) is 4.86. The van der Waals surface area contributed by atoms with Gasteiger partial charge in [-0.3, -0.25) is 9.97 Å². The Hall–Kier alpha value is -2.27. The van der Waals surface area contributed by atoms with Crippen molar-refractivity contribution in [1.29, 1.82) is 0 Å². The van der Waals surface area contributed by atoms with E-state index in [9.17, 15) is 4.79 Å². The average molecular weight is 269 g/mol. The summed E-state index contributed by atoms with van der Waals surface area (Å²) in [5.74, 6) is -0.926. The fourth-order valence-electron chi connectivity index (χ4n) is 2.39. The molecular formula is C15H15N3O2. The summed E-state index contributed by atoms with van der Waals surface area (Å²) < 4.78 is 0. The largest absolute Gasteiger partial charge is 0.478 e. The highest BCUT2D eigenvalue weighted by molar-refractivity contribution is 5.88. The first-order valence-corrected chi connectivity index (χ1v) is 6.63. The highest BCUT2D eigenvalue weighted by Gasteiger charge is 2.17. The lowest BCUT2D eigenvalue weighted by atomic mass is 10.1. The molecule has 1 unspecified atom stereocenters. The maximum Gasteiger partial charge on any atom is 0.335 e. The van der Waals surface area contributed by atoms with E-state index in [4.69, 9.17) is 5.11 Å². The molecule has 5 nitrogen and oxygen atoms in total. The zero-order valence-electron chi connectivity index (χ0n) is 10.9. The van der Waals surface area contributed by atoms with E-state index in [1.807, 2.05) is 0 Å². The minimum atomic E-state index is -0.926. The predicted octanol–water partition coefficient (Wildman–Crippen LogP) is 2.27. The number of nitrogens with one attached hydrogen (secondary N) is 1. The molecule has 2 heterocycles. The van der Waals surface area contributed by atoms with Crippen LogP contribution in [0, 0.1) is 0 Å². The molecule has 1 aliphatic rings. The number of carbonyl (C=O) groups is 1. The van der Waals surface area contributed by atoms with Gasteiger partial charge in [-0.2, -0.15) is 0 Å². The van der Waals surface area contributed by atoms with Crippen molar-refractivity contribution in [3.63, 3.8) is 0 Å². The van der Waals surface area contributed by atoms with Crippen molar-refractivity contribution in [3.8, 4) is 11.3 Å². The second-order valence-corrected chi connectivity index (χ2v) is 4.86. The molecular weight excluding hydrogens is 254 g/mol. The lowest BCUT2D eigenvalue weighted by molar-refractivity contribution is 0.0697. The van der Waals surface area contributed by atoms with E-state index in [1.54, 1.807) is 36.7 Å². The molecule has 0 spiro atoms. The van der Waals surface area contributed by atoms with Crippen molar-refractivity contribution in [3.05, 3.63) is 47.9 Å². The molecule has 1 saturated heterocycles. The van der Waals surface area contributed by atoms with Crippen molar-refractivity contribution in [2.24, 2.45) is 0 Å². The first kappa shape index (κ1) is 12.7. The summed E-state index contributed by atoms with van der Waals surface area (Å²) in [6.45, 7) is 1.03. The van der Waals surface area contributed by atoms with Crippen LogP contribution in [-0.4, -0.2) is 27.6 Å². The third-order valence-electron chi connectivity index (χ3n) is 3.52. The summed E-state index contributed by atoms with van der Waals surface area (Å²) in [6, 6.07) is 6.96. The molecule has 0 bridgehead atoms. The van der Waals surface area contributed by atoms with Crippen molar-refractivity contribution in [1.82, 2.24) is 15.3 Å². The van der Waals surface area contributed by atoms with Crippen LogP contribution in [0.3, 0.4) is 0 Å². The molecule has 0 amide bonds. The third kappa shape index (κ3) is 2.53. The van der Waals surface area contributed by atoms with Crippen LogP contribution in [0.2, 0.25) is 0 Å². The van der Waals surface area contributed by atoms with Crippen molar-refractivity contribution in [2.75, 3.05) is 6.54 Å². The van der Waals surface area contributed by atoms with E-state index >= 15 is 0 Å². The molecule has 102 valence electrons. The zero-order valence-corrected chi connectivity index (χ0v) is 10.9. The highest BCUT2D eigenvalue weighted by atomic mass is 16.4. The Bertz CT molecular complexity index is 602. The summed E-state index contributed by atoms with van der Waals surface area (Å²) in [6.07, 6.45) is 5.81. The fourth-order valence-corrected chi connectivity index (χ4v) is 2.39. The minimum Gasteiger partial charge on any atom is -0.478 e. The van der Waals surface area contributed by atoms with Gasteiger partial charge in [-0.1, -0.05) is 12.1 Å². The Kier molecular flexibility index (Phi) is 3.43. The van der Waals surface area contributed by atoms with E-state index in [1.165, 1.54) is 6.42 Å². The number of aromatic nitrogens is 2. The molecule has 1 aliphatic heterocycles. The van der Waals surface area contributed by atoms with Gasteiger partial charge in [0.25, 0.3) is 0 Å². The molecule has 3 rings (SSSR count). The minimum absolute atomic E-state index is 0.272. The molecule has 1 atom stereocenters. The van der Waals surface area contributed by atoms with E-state index < -0.39 is 5.97 Å². The summed E-state index contributed by atoms with van der Waals surface area (Å²) in [7, 11) is 0. The van der Waals surface area contributed by atoms with E-state index in [0.29, 0.717) is 6.04 Å². The predicted molar refractivity (Wildman–Crippen MR) is 74.4 cm³/mol. The SMILES string of the molecule is O=C(O)c1ccc(-c2cnc(C3CCCN3)cn2)cc1. The van der Waals surface area contributed by atoms with Crippen LogP contribution in [0.4, 0.5) is 0 Å². The Labute approximate surface area is 116 Å². The van der Waals surface area contributed by atoms with Gasteiger partial charge in [0.1, 0.15) is 0 Å². The Balaban J connectivity index is 1.81. The number of aromatic carboxylic acids is 1. The molecule has 0 saturated carbocycles. The van der Waals surface area contributed by atoms with Gasteiger partial charge in [0.05, 0.1) is 35.4 Å². The van der Waals surface area contributed by atoms with Gasteiger partial charge >= 0.3 is 5.97 Å². The first-order valence-electron chi connectivity index (χ1n) is 6.63. The molecule has 20 heavy (non-hydrogen) atoms. The van der Waals surface area contributed by atoms with Gasteiger partial charge in [-0.15, -0.1) is 0 Å². The first-order chi connectivity index (χ1) is 9.74. The van der Waals surface area contributed by atoms with E-state index in [0.717, 1.165) is 29.9 Å². The van der Waals surface area contributed by atoms with Gasteiger partial charge in [0.2, 0.25) is 0 Å². The maximum absolute atomic E-state index is 10.8. The third-order valence-corrected chi connectivity index (χ3v) is 3.52. The van der Waals surface area contributed by atoms with Crippen LogP contribution >= 0.6 is 0 Å². The van der Waals surface area contributed by atoms with Crippen molar-refractivity contribution < 1.29 is 9.90 Å². The number of carboxylic acids is 1. The molecule has 1 aromatic carbocycles. The quantitative estimate of drug-likeness (QED) is 0.894. The van der Waals surface area contributed by atoms with Crippen molar-refractivity contribution >= 4 is 5.97 Å². The summed E-state index contributed by atoms with van der Waals surface area (Å²) >= 11 is 0. The van der Waals surface area contributed by atoms with Crippen LogP contribution in [-0.2, 0) is 0 Å². The lowest BCUT2D eigenvalue weighted by Crippen LogP contribution is -2.14. The summed E-state index contributed by atoms with van der Waals surface area (Å²) in [5, 5.41) is 12.3. The Morgan fingerprint density at radius 1 is 1.20 bits per heavy atom. The number of carboxylic acid groups (broad SMARTS) is 1. The number of benzene rings is 1. The van der Waals surface area contributed by atoms with Crippen LogP contribution in [0.1, 0.15) is 34.9 Å². The van der Waals surface area contributed by atoms with Crippen LogP contribution in [0.15, 0.2) is 36.7 Å². The van der Waals surface area contributed by atoms with Crippen molar-refractivity contribution in [2.45, 2.75) is 18.9 Å². The van der Waals surface area contributed by atoms with Gasteiger partial charge < -0.3 is 10.4 Å². The van der Waals surface area contributed by atoms with Gasteiger partial charge in [-0.05, 0) is 31.5 Å². The van der Waals surface area contributed by atoms with Gasteiger partial charge in [0, 0.05) is 5.56 Å². The number of rotatable bonds is 3. The number of hydrogen-bond donors (Lipinski definition) is 2. The lowest BCUT2D eigenvalue weighted by Gasteiger charge is -2.09. The highest BCUT2D eigenvalue weighted by Crippen LogP contribution is 2.22. The molecule has 0 radical (unpaired) electrons. The molecule has 2 N–H and O–H groups in total. The Morgan fingerprint density at radius 2 is 2.00 bits per heavy atom. The maximum atomic E-state index is 10.8. The molecule has 5 heteroatoms. The second kappa shape index (κ2) is 5.38. The van der Waals surface area contributed by atoms with Crippen LogP contribution < -0.4 is 5.32 Å². The summed E-state index contributed by atoms with van der Waals surface area (Å²) in [4.78, 5) is 19.7. The van der Waals surface area contributed by atoms with Gasteiger partial charge in [-0.25, -0.2) is 4.79 Å². The normalized spacial score (nSPS) is 18.1. The fraction of sp³-hybridized carbons (Fsp3) is 0.267. The average Bonchev–Trinajstić information content (AvgIpc) is 3.02. The van der Waals surface area contributed by atoms with E-state index in [2.05, 4.69) is 15.3 Å². The topological polar surface area (TPSA) is 75.1 Å². The summed E-state index contributed by atoms with van der Waals surface area (Å²) in [5.41, 5.74) is 2.86. The Morgan fingerprint density at radius 3 is 2.55 bits per heavy atom. The molecule has 2 aromatic rings. The smallest absolute Gasteiger partial charge is 0.335 e. The molecule has 1 fully saturated rings. The van der Waals surface area contributed by atoms with Gasteiger partial charge in [0.15, 0.2) is 0 Å². The van der Waals surface area contributed by atoms with E-state index in [-0.39, 0.29) is 5.56 Å². The van der Waals surface area contributed by atoms with Crippen LogP contribution in [0.25, 0.3) is 11.3 Å². The molecule has 0 aliphatic carbocycles.